The first-order chi connectivity index (χ1) is 7.02. The lowest BCUT2D eigenvalue weighted by atomic mass is 9.94. The van der Waals surface area contributed by atoms with Gasteiger partial charge in [-0.1, -0.05) is 0 Å². The number of nitrogen functional groups attached to an aromatic ring is 1. The molecule has 0 aliphatic heterocycles. The summed E-state index contributed by atoms with van der Waals surface area (Å²) in [5, 5.41) is 13.4. The molecule has 4 N–H and O–H groups in total. The van der Waals surface area contributed by atoms with E-state index in [2.05, 4.69) is 5.10 Å². The molecular formula is C6H5F6N3O. The summed E-state index contributed by atoms with van der Waals surface area (Å²) in [6.07, 6.45) is -11.7. The second kappa shape index (κ2) is 3.27. The summed E-state index contributed by atoms with van der Waals surface area (Å²) < 4.78 is 73.7. The van der Waals surface area contributed by atoms with Gasteiger partial charge in [0.15, 0.2) is 0 Å². The summed E-state index contributed by atoms with van der Waals surface area (Å²) in [5.41, 5.74) is -1.77. The summed E-state index contributed by atoms with van der Waals surface area (Å²) in [6.45, 7) is 0. The van der Waals surface area contributed by atoms with E-state index >= 15 is 0 Å². The van der Waals surface area contributed by atoms with Gasteiger partial charge in [-0.15, -0.1) is 0 Å². The molecule has 0 atom stereocenters. The average molecular weight is 249 g/mol. The van der Waals surface area contributed by atoms with E-state index in [1.54, 1.807) is 5.10 Å². The van der Waals surface area contributed by atoms with Crippen molar-refractivity contribution in [1.29, 1.82) is 0 Å². The zero-order valence-corrected chi connectivity index (χ0v) is 7.32. The molecule has 4 nitrogen and oxygen atoms in total. The summed E-state index contributed by atoms with van der Waals surface area (Å²) in [7, 11) is 0. The van der Waals surface area contributed by atoms with Gasteiger partial charge < -0.3 is 10.8 Å². The fourth-order valence-corrected chi connectivity index (χ4v) is 1.05. The minimum Gasteiger partial charge on any atom is -0.384 e. The van der Waals surface area contributed by atoms with Crippen LogP contribution in [-0.4, -0.2) is 27.7 Å². The number of hydrogen-bond donors (Lipinski definition) is 3. The Hall–Kier alpha value is -1.45. The molecule has 1 rings (SSSR count). The van der Waals surface area contributed by atoms with Crippen LogP contribution in [0.25, 0.3) is 0 Å². The van der Waals surface area contributed by atoms with Crippen LogP contribution in [-0.2, 0) is 5.60 Å². The van der Waals surface area contributed by atoms with Gasteiger partial charge in [0, 0.05) is 0 Å². The number of halogens is 6. The molecule has 1 aromatic rings. The molecule has 0 bridgehead atoms. The molecule has 1 heterocycles. The summed E-state index contributed by atoms with van der Waals surface area (Å²) >= 11 is 0. The maximum Gasteiger partial charge on any atom is 0.430 e. The summed E-state index contributed by atoms with van der Waals surface area (Å²) in [6, 6.07) is 0. The fourth-order valence-electron chi connectivity index (χ4n) is 1.05. The Kier molecular flexibility index (Phi) is 2.58. The number of H-pyrrole nitrogens is 1. The van der Waals surface area contributed by atoms with Gasteiger partial charge >= 0.3 is 12.4 Å². The van der Waals surface area contributed by atoms with Crippen LogP contribution in [0, 0.1) is 0 Å². The lowest BCUT2D eigenvalue weighted by molar-refractivity contribution is -0.376. The lowest BCUT2D eigenvalue weighted by Gasteiger charge is -2.31. The molecule has 0 unspecified atom stereocenters. The molecule has 0 fully saturated rings. The molecule has 0 aromatic carbocycles. The lowest BCUT2D eigenvalue weighted by Crippen LogP contribution is -2.54. The number of hydrogen-bond acceptors (Lipinski definition) is 3. The quantitative estimate of drug-likeness (QED) is 0.657. The van der Waals surface area contributed by atoms with Crippen LogP contribution in [0.2, 0.25) is 0 Å². The maximum absolute atomic E-state index is 12.3. The first-order valence-corrected chi connectivity index (χ1v) is 3.67. The monoisotopic (exact) mass is 249 g/mol. The van der Waals surface area contributed by atoms with E-state index in [0.29, 0.717) is 0 Å². The first kappa shape index (κ1) is 12.6. The molecule has 10 heteroatoms. The van der Waals surface area contributed by atoms with Crippen molar-refractivity contribution in [2.75, 3.05) is 5.73 Å². The highest BCUT2D eigenvalue weighted by atomic mass is 19.4. The van der Waals surface area contributed by atoms with Crippen molar-refractivity contribution in [3.63, 3.8) is 0 Å². The molecule has 0 aliphatic carbocycles. The Bertz CT molecular complexity index is 366. The Labute approximate surface area is 84.1 Å². The normalized spacial score (nSPS) is 14.2. The van der Waals surface area contributed by atoms with E-state index in [4.69, 9.17) is 10.8 Å². The maximum atomic E-state index is 12.3. The number of aliphatic hydroxyl groups is 1. The van der Waals surface area contributed by atoms with Crippen molar-refractivity contribution >= 4 is 5.82 Å². The number of anilines is 1. The van der Waals surface area contributed by atoms with E-state index in [1.165, 1.54) is 0 Å². The van der Waals surface area contributed by atoms with E-state index in [-0.39, 0.29) is 6.20 Å². The van der Waals surface area contributed by atoms with E-state index in [0.717, 1.165) is 0 Å². The van der Waals surface area contributed by atoms with Gasteiger partial charge in [0.2, 0.25) is 0 Å². The standard InChI is InChI=1S/C6H5F6N3O/c7-5(8,9)4(16,6(10,11)12)2-1-14-15-3(2)13/h1,16H,(H3,13,14,15). The average Bonchev–Trinajstić information content (AvgIpc) is 2.46. The van der Waals surface area contributed by atoms with Crippen molar-refractivity contribution in [3.8, 4) is 0 Å². The molecule has 1 aromatic heterocycles. The molecule has 0 saturated heterocycles. The number of alkyl halides is 6. The van der Waals surface area contributed by atoms with Crippen LogP contribution in [0.4, 0.5) is 32.2 Å². The van der Waals surface area contributed by atoms with Crippen LogP contribution in [0.5, 0.6) is 0 Å². The van der Waals surface area contributed by atoms with Crippen molar-refractivity contribution in [2.24, 2.45) is 0 Å². The van der Waals surface area contributed by atoms with E-state index in [9.17, 15) is 26.3 Å². The molecule has 0 saturated carbocycles. The highest BCUT2D eigenvalue weighted by Gasteiger charge is 2.72. The van der Waals surface area contributed by atoms with Crippen molar-refractivity contribution in [2.45, 2.75) is 18.0 Å². The largest absolute Gasteiger partial charge is 0.430 e. The minimum atomic E-state index is -5.96. The van der Waals surface area contributed by atoms with Crippen LogP contribution in [0.15, 0.2) is 6.20 Å². The number of rotatable bonds is 1. The third kappa shape index (κ3) is 1.58. The summed E-state index contributed by atoms with van der Waals surface area (Å²) in [5.74, 6) is -1.00. The third-order valence-corrected chi connectivity index (χ3v) is 1.88. The Morgan fingerprint density at radius 2 is 1.56 bits per heavy atom. The fraction of sp³-hybridized carbons (Fsp3) is 0.500. The predicted octanol–water partition coefficient (Wildman–Crippen LogP) is 1.30. The molecule has 16 heavy (non-hydrogen) atoms. The zero-order valence-electron chi connectivity index (χ0n) is 7.32. The number of aromatic amines is 1. The smallest absolute Gasteiger partial charge is 0.384 e. The van der Waals surface area contributed by atoms with Gasteiger partial charge in [0.1, 0.15) is 5.82 Å². The minimum absolute atomic E-state index is 0.177. The SMILES string of the molecule is Nc1[nH]ncc1C(O)(C(F)(F)F)C(F)(F)F. The molecular weight excluding hydrogens is 244 g/mol. The molecule has 0 aliphatic rings. The van der Waals surface area contributed by atoms with Crippen molar-refractivity contribution in [1.82, 2.24) is 10.2 Å². The van der Waals surface area contributed by atoms with Gasteiger partial charge in [-0.25, -0.2) is 0 Å². The number of nitrogens with zero attached hydrogens (tertiary/aromatic N) is 1. The van der Waals surface area contributed by atoms with Gasteiger partial charge in [-0.2, -0.15) is 31.4 Å². The van der Waals surface area contributed by atoms with Crippen LogP contribution < -0.4 is 5.73 Å². The molecule has 0 spiro atoms. The topological polar surface area (TPSA) is 74.9 Å². The highest BCUT2D eigenvalue weighted by Crippen LogP contribution is 2.50. The van der Waals surface area contributed by atoms with Gasteiger partial charge in [-0.3, -0.25) is 5.10 Å². The Morgan fingerprint density at radius 1 is 1.12 bits per heavy atom. The van der Waals surface area contributed by atoms with Gasteiger partial charge in [0.25, 0.3) is 5.60 Å². The highest BCUT2D eigenvalue weighted by molar-refractivity contribution is 5.43. The van der Waals surface area contributed by atoms with E-state index < -0.39 is 29.3 Å². The predicted molar refractivity (Wildman–Crippen MR) is 39.0 cm³/mol. The van der Waals surface area contributed by atoms with Crippen molar-refractivity contribution in [3.05, 3.63) is 11.8 Å². The number of nitrogens with two attached hydrogens (primary N) is 1. The van der Waals surface area contributed by atoms with E-state index in [1.807, 2.05) is 0 Å². The van der Waals surface area contributed by atoms with Crippen molar-refractivity contribution < 1.29 is 31.4 Å². The van der Waals surface area contributed by atoms with Crippen LogP contribution >= 0.6 is 0 Å². The second-order valence-electron chi connectivity index (χ2n) is 2.90. The van der Waals surface area contributed by atoms with Crippen LogP contribution in [0.1, 0.15) is 5.56 Å². The number of nitrogens with one attached hydrogen (secondary N) is 1. The third-order valence-electron chi connectivity index (χ3n) is 1.88. The Morgan fingerprint density at radius 3 is 1.81 bits per heavy atom. The summed E-state index contributed by atoms with van der Waals surface area (Å²) in [4.78, 5) is 0. The van der Waals surface area contributed by atoms with Gasteiger partial charge in [-0.05, 0) is 0 Å². The van der Waals surface area contributed by atoms with Crippen LogP contribution in [0.3, 0.4) is 0 Å². The molecule has 0 radical (unpaired) electrons. The second-order valence-corrected chi connectivity index (χ2v) is 2.90. The Balaban J connectivity index is 3.45. The zero-order chi connectivity index (χ0) is 12.8. The first-order valence-electron chi connectivity index (χ1n) is 3.67. The molecule has 0 amide bonds. The molecule has 92 valence electrons. The number of aromatic nitrogens is 2. The van der Waals surface area contributed by atoms with Gasteiger partial charge in [0.05, 0.1) is 11.8 Å².